The van der Waals surface area contributed by atoms with Gasteiger partial charge in [0.25, 0.3) is 0 Å². The molecule has 2 aliphatic rings. The minimum absolute atomic E-state index is 0.0309. The molecule has 196 valence electrons. The number of halogens is 1. The Morgan fingerprint density at radius 2 is 1.71 bits per heavy atom. The number of nitriles is 1. The van der Waals surface area contributed by atoms with E-state index in [1.165, 1.54) is 12.1 Å². The molecular weight excluding hydrogens is 482 g/mol. The zero-order valence-corrected chi connectivity index (χ0v) is 22.3. The molecule has 3 heterocycles. The van der Waals surface area contributed by atoms with E-state index in [0.717, 1.165) is 22.2 Å². The summed E-state index contributed by atoms with van der Waals surface area (Å²) in [4.78, 5) is 4.50. The molecule has 3 atom stereocenters. The third kappa shape index (κ3) is 5.45. The van der Waals surface area contributed by atoms with Crippen LogP contribution in [0, 0.1) is 17.1 Å². The SMILES string of the molecule is C[C@H](NC1OC1c1cc(C#N)cnc1NCc1ccc(B2OC(C)(C)C(C)(C)O2)cc1)c1ccc(F)cc1. The van der Waals surface area contributed by atoms with E-state index in [1.54, 1.807) is 18.3 Å². The largest absolute Gasteiger partial charge is 0.494 e. The maximum absolute atomic E-state index is 13.3. The van der Waals surface area contributed by atoms with Crippen molar-refractivity contribution < 1.29 is 18.4 Å². The molecule has 0 spiro atoms. The lowest BCUT2D eigenvalue weighted by Crippen LogP contribution is -2.41. The number of nitrogens with zero attached hydrogens (tertiary/aromatic N) is 2. The fraction of sp³-hybridized carbons (Fsp3) is 0.379. The average molecular weight is 514 g/mol. The Bertz CT molecular complexity index is 1330. The molecule has 5 rings (SSSR count). The molecule has 7 nitrogen and oxygen atoms in total. The molecule has 3 aromatic rings. The summed E-state index contributed by atoms with van der Waals surface area (Å²) >= 11 is 0. The van der Waals surface area contributed by atoms with Gasteiger partial charge in [0.05, 0.1) is 16.8 Å². The Labute approximate surface area is 223 Å². The molecule has 2 saturated heterocycles. The molecular formula is C29H32BFN4O3. The predicted molar refractivity (Wildman–Crippen MR) is 144 cm³/mol. The number of ether oxygens (including phenoxy) is 1. The van der Waals surface area contributed by atoms with E-state index in [-0.39, 0.29) is 35.4 Å². The van der Waals surface area contributed by atoms with Crippen LogP contribution in [0.1, 0.15) is 69.0 Å². The lowest BCUT2D eigenvalue weighted by atomic mass is 9.79. The van der Waals surface area contributed by atoms with Crippen LogP contribution in [0.5, 0.6) is 0 Å². The third-order valence-corrected chi connectivity index (χ3v) is 7.59. The van der Waals surface area contributed by atoms with Crippen LogP contribution >= 0.6 is 0 Å². The van der Waals surface area contributed by atoms with Gasteiger partial charge in [-0.05, 0) is 69.4 Å². The van der Waals surface area contributed by atoms with Crippen molar-refractivity contribution >= 4 is 18.4 Å². The first kappa shape index (κ1) is 26.3. The van der Waals surface area contributed by atoms with Gasteiger partial charge in [-0.15, -0.1) is 0 Å². The van der Waals surface area contributed by atoms with Gasteiger partial charge in [-0.2, -0.15) is 5.26 Å². The summed E-state index contributed by atoms with van der Waals surface area (Å²) in [6, 6.07) is 18.5. The number of hydrogen-bond acceptors (Lipinski definition) is 7. The first-order valence-electron chi connectivity index (χ1n) is 12.8. The molecule has 0 amide bonds. The van der Waals surface area contributed by atoms with E-state index in [1.807, 2.05) is 65.0 Å². The summed E-state index contributed by atoms with van der Waals surface area (Å²) in [5, 5.41) is 16.2. The van der Waals surface area contributed by atoms with Crippen molar-refractivity contribution in [3.05, 3.63) is 88.9 Å². The van der Waals surface area contributed by atoms with E-state index in [2.05, 4.69) is 21.7 Å². The van der Waals surface area contributed by atoms with Crippen molar-refractivity contribution in [2.24, 2.45) is 0 Å². The van der Waals surface area contributed by atoms with Crippen molar-refractivity contribution in [2.75, 3.05) is 5.32 Å². The molecule has 1 aromatic heterocycles. The Balaban J connectivity index is 1.23. The summed E-state index contributed by atoms with van der Waals surface area (Å²) in [6.45, 7) is 10.7. The Morgan fingerprint density at radius 1 is 1.05 bits per heavy atom. The topological polar surface area (TPSA) is 91.7 Å². The van der Waals surface area contributed by atoms with Crippen molar-refractivity contribution in [3.8, 4) is 6.07 Å². The highest BCUT2D eigenvalue weighted by atomic mass is 19.1. The van der Waals surface area contributed by atoms with Crippen LogP contribution in [-0.2, 0) is 20.6 Å². The normalized spacial score (nSPS) is 22.1. The lowest BCUT2D eigenvalue weighted by molar-refractivity contribution is 0.00578. The summed E-state index contributed by atoms with van der Waals surface area (Å²) in [6.07, 6.45) is 1.08. The van der Waals surface area contributed by atoms with Crippen LogP contribution in [0.4, 0.5) is 10.2 Å². The first-order chi connectivity index (χ1) is 18.1. The number of anilines is 1. The van der Waals surface area contributed by atoms with Gasteiger partial charge in [0.15, 0.2) is 0 Å². The predicted octanol–water partition coefficient (Wildman–Crippen LogP) is 4.75. The highest BCUT2D eigenvalue weighted by Gasteiger charge is 2.51. The van der Waals surface area contributed by atoms with Gasteiger partial charge in [-0.1, -0.05) is 36.4 Å². The Hall–Kier alpha value is -3.29. The summed E-state index contributed by atoms with van der Waals surface area (Å²) in [7, 11) is -0.400. The summed E-state index contributed by atoms with van der Waals surface area (Å²) in [5.74, 6) is 0.405. The molecule has 2 unspecified atom stereocenters. The highest BCUT2D eigenvalue weighted by molar-refractivity contribution is 6.62. The zero-order valence-electron chi connectivity index (χ0n) is 22.3. The number of nitrogens with one attached hydrogen (secondary N) is 2. The monoisotopic (exact) mass is 514 g/mol. The van der Waals surface area contributed by atoms with Gasteiger partial charge in [0.1, 0.15) is 30.0 Å². The van der Waals surface area contributed by atoms with Crippen molar-refractivity contribution in [1.82, 2.24) is 10.3 Å². The molecule has 0 saturated carbocycles. The van der Waals surface area contributed by atoms with E-state index in [0.29, 0.717) is 17.9 Å². The molecule has 0 aliphatic carbocycles. The van der Waals surface area contributed by atoms with Crippen LogP contribution in [-0.4, -0.2) is 29.5 Å². The van der Waals surface area contributed by atoms with Gasteiger partial charge < -0.3 is 19.4 Å². The maximum Gasteiger partial charge on any atom is 0.494 e. The fourth-order valence-electron chi connectivity index (χ4n) is 4.43. The third-order valence-electron chi connectivity index (χ3n) is 7.59. The molecule has 0 radical (unpaired) electrons. The van der Waals surface area contributed by atoms with Crippen LogP contribution in [0.3, 0.4) is 0 Å². The molecule has 2 fully saturated rings. The lowest BCUT2D eigenvalue weighted by Gasteiger charge is -2.32. The second kappa shape index (κ2) is 10.1. The number of pyridine rings is 1. The number of epoxide rings is 1. The Morgan fingerprint density at radius 3 is 2.34 bits per heavy atom. The molecule has 38 heavy (non-hydrogen) atoms. The van der Waals surface area contributed by atoms with E-state index in [9.17, 15) is 9.65 Å². The number of aromatic nitrogens is 1. The van der Waals surface area contributed by atoms with Gasteiger partial charge in [-0.3, -0.25) is 5.32 Å². The number of rotatable bonds is 8. The van der Waals surface area contributed by atoms with E-state index in [4.69, 9.17) is 14.0 Å². The van der Waals surface area contributed by atoms with Gasteiger partial charge in [-0.25, -0.2) is 9.37 Å². The average Bonchev–Trinajstić information content (AvgIpc) is 3.61. The molecule has 2 aromatic carbocycles. The second-order valence-electron chi connectivity index (χ2n) is 10.9. The van der Waals surface area contributed by atoms with Crippen LogP contribution in [0.25, 0.3) is 0 Å². The van der Waals surface area contributed by atoms with Crippen LogP contribution in [0.2, 0.25) is 0 Å². The number of hydrogen-bond donors (Lipinski definition) is 2. The smallest absolute Gasteiger partial charge is 0.399 e. The molecule has 2 aliphatic heterocycles. The van der Waals surface area contributed by atoms with Crippen LogP contribution < -0.4 is 16.1 Å². The standard InChI is InChI=1S/C29H32BFN4O3/c1-18(21-8-12-23(31)13-9-21)35-27-25(36-27)24-14-20(15-32)17-34-26(24)33-16-19-6-10-22(11-7-19)30-37-28(2,3)29(4,5)38-30/h6-14,17-18,25,27,35H,16H2,1-5H3,(H,33,34)/t18-,25?,27?/m0/s1. The van der Waals surface area contributed by atoms with E-state index < -0.39 is 7.12 Å². The fourth-order valence-corrected chi connectivity index (χ4v) is 4.43. The maximum atomic E-state index is 13.3. The molecule has 9 heteroatoms. The number of benzene rings is 2. The first-order valence-corrected chi connectivity index (χ1v) is 12.8. The molecule has 0 bridgehead atoms. The minimum Gasteiger partial charge on any atom is -0.399 e. The van der Waals surface area contributed by atoms with Crippen molar-refractivity contribution in [3.63, 3.8) is 0 Å². The van der Waals surface area contributed by atoms with Gasteiger partial charge >= 0.3 is 7.12 Å². The van der Waals surface area contributed by atoms with Crippen molar-refractivity contribution in [2.45, 2.75) is 70.7 Å². The molecule has 2 N–H and O–H groups in total. The summed E-state index contributed by atoms with van der Waals surface area (Å²) < 4.78 is 31.5. The van der Waals surface area contributed by atoms with Gasteiger partial charge in [0.2, 0.25) is 0 Å². The highest BCUT2D eigenvalue weighted by Crippen LogP contribution is 2.41. The zero-order chi connectivity index (χ0) is 27.1. The summed E-state index contributed by atoms with van der Waals surface area (Å²) in [5.41, 5.74) is 3.53. The van der Waals surface area contributed by atoms with Crippen LogP contribution in [0.15, 0.2) is 60.8 Å². The van der Waals surface area contributed by atoms with Crippen molar-refractivity contribution in [1.29, 1.82) is 5.26 Å². The quantitative estimate of drug-likeness (QED) is 0.331. The van der Waals surface area contributed by atoms with Gasteiger partial charge in [0, 0.05) is 24.3 Å². The minimum atomic E-state index is -0.400. The second-order valence-corrected chi connectivity index (χ2v) is 10.9. The Kier molecular flexibility index (Phi) is 7.01. The van der Waals surface area contributed by atoms with E-state index >= 15 is 0 Å².